The molecule has 19 heavy (non-hydrogen) atoms. The first-order valence-electron chi connectivity index (χ1n) is 6.17. The van der Waals surface area contributed by atoms with Gasteiger partial charge in [0, 0.05) is 6.20 Å². The lowest BCUT2D eigenvalue weighted by atomic mass is 10.1. The predicted molar refractivity (Wildman–Crippen MR) is 65.3 cm³/mol. The molecule has 0 radical (unpaired) electrons. The van der Waals surface area contributed by atoms with Gasteiger partial charge in [-0.2, -0.15) is 5.26 Å². The van der Waals surface area contributed by atoms with Gasteiger partial charge in [0.1, 0.15) is 11.8 Å². The van der Waals surface area contributed by atoms with E-state index in [-0.39, 0.29) is 35.6 Å². The Hall–Kier alpha value is -2.22. The summed E-state index contributed by atoms with van der Waals surface area (Å²) in [5.74, 6) is -0.486. The molecule has 0 aromatic carbocycles. The second-order valence-corrected chi connectivity index (χ2v) is 5.70. The Bertz CT molecular complexity index is 606. The van der Waals surface area contributed by atoms with Crippen LogP contribution in [0.2, 0.25) is 0 Å². The van der Waals surface area contributed by atoms with Crippen LogP contribution in [0.1, 0.15) is 25.1 Å². The normalized spacial score (nSPS) is 27.1. The van der Waals surface area contributed by atoms with E-state index < -0.39 is 0 Å². The molecule has 1 saturated carbocycles. The number of carbonyl (C=O) groups is 2. The molecule has 96 valence electrons. The number of nitrogens with zero attached hydrogens (tertiary/aromatic N) is 3. The smallest absolute Gasteiger partial charge is 0.233 e. The second kappa shape index (κ2) is 3.64. The molecule has 3 rings (SSSR count). The molecule has 2 aliphatic rings. The summed E-state index contributed by atoms with van der Waals surface area (Å²) in [5, 5.41) is 8.78. The number of hydrogen-bond donors (Lipinski definition) is 0. The molecule has 2 amide bonds. The van der Waals surface area contributed by atoms with E-state index in [1.165, 1.54) is 11.1 Å². The standard InChI is InChI=1S/C14H13N3O2/c1-14(2)10-11(14)13(19)17(12(10)18)7-8-3-4-16-9(5-8)6-15/h3-5,10-11H,7H2,1-2H3. The summed E-state index contributed by atoms with van der Waals surface area (Å²) in [4.78, 5) is 29.5. The van der Waals surface area contributed by atoms with Gasteiger partial charge in [-0.3, -0.25) is 14.5 Å². The molecule has 1 aromatic heterocycles. The fourth-order valence-electron chi connectivity index (χ4n) is 2.98. The van der Waals surface area contributed by atoms with Crippen LogP contribution in [0.4, 0.5) is 0 Å². The molecule has 2 atom stereocenters. The van der Waals surface area contributed by atoms with Gasteiger partial charge in [-0.05, 0) is 23.1 Å². The average molecular weight is 255 g/mol. The van der Waals surface area contributed by atoms with Gasteiger partial charge >= 0.3 is 0 Å². The maximum atomic E-state index is 12.2. The number of carbonyl (C=O) groups excluding carboxylic acids is 2. The third kappa shape index (κ3) is 1.56. The van der Waals surface area contributed by atoms with E-state index in [0.717, 1.165) is 5.56 Å². The number of aromatic nitrogens is 1. The molecular weight excluding hydrogens is 242 g/mol. The van der Waals surface area contributed by atoms with Crippen LogP contribution in [0.15, 0.2) is 18.3 Å². The summed E-state index contributed by atoms with van der Waals surface area (Å²) in [7, 11) is 0. The number of likely N-dealkylation sites (tertiary alicyclic amines) is 1. The zero-order valence-corrected chi connectivity index (χ0v) is 10.8. The molecule has 1 aliphatic heterocycles. The van der Waals surface area contributed by atoms with Gasteiger partial charge in [0.25, 0.3) is 0 Å². The summed E-state index contributed by atoms with van der Waals surface area (Å²) in [6.07, 6.45) is 1.52. The fraction of sp³-hybridized carbons (Fsp3) is 0.429. The van der Waals surface area contributed by atoms with E-state index in [1.54, 1.807) is 12.1 Å². The summed E-state index contributed by atoms with van der Waals surface area (Å²) in [6.45, 7) is 4.14. The van der Waals surface area contributed by atoms with Crippen LogP contribution in [0.25, 0.3) is 0 Å². The van der Waals surface area contributed by atoms with Crippen LogP contribution in [0, 0.1) is 28.6 Å². The van der Waals surface area contributed by atoms with Gasteiger partial charge < -0.3 is 0 Å². The van der Waals surface area contributed by atoms with Crippen LogP contribution in [0.5, 0.6) is 0 Å². The number of pyridine rings is 1. The molecule has 5 heteroatoms. The van der Waals surface area contributed by atoms with Crippen molar-refractivity contribution >= 4 is 11.8 Å². The first-order chi connectivity index (χ1) is 8.96. The third-order valence-corrected chi connectivity index (χ3v) is 4.17. The lowest BCUT2D eigenvalue weighted by molar-refractivity contribution is -0.143. The molecular formula is C14H13N3O2. The van der Waals surface area contributed by atoms with E-state index in [1.807, 2.05) is 19.9 Å². The highest BCUT2D eigenvalue weighted by Crippen LogP contribution is 2.63. The van der Waals surface area contributed by atoms with E-state index in [4.69, 9.17) is 5.26 Å². The van der Waals surface area contributed by atoms with E-state index in [0.29, 0.717) is 5.69 Å². The number of imide groups is 1. The maximum Gasteiger partial charge on any atom is 0.233 e. The van der Waals surface area contributed by atoms with Gasteiger partial charge in [-0.25, -0.2) is 4.98 Å². The zero-order valence-electron chi connectivity index (χ0n) is 10.8. The van der Waals surface area contributed by atoms with Crippen molar-refractivity contribution in [3.8, 4) is 6.07 Å². The van der Waals surface area contributed by atoms with E-state index >= 15 is 0 Å². The monoisotopic (exact) mass is 255 g/mol. The fourth-order valence-corrected chi connectivity index (χ4v) is 2.98. The zero-order chi connectivity index (χ0) is 13.8. The van der Waals surface area contributed by atoms with Crippen LogP contribution in [0.3, 0.4) is 0 Å². The van der Waals surface area contributed by atoms with Gasteiger partial charge in [-0.15, -0.1) is 0 Å². The number of rotatable bonds is 2. The Balaban J connectivity index is 1.81. The molecule has 2 unspecified atom stereocenters. The van der Waals surface area contributed by atoms with Crippen LogP contribution in [-0.4, -0.2) is 21.7 Å². The van der Waals surface area contributed by atoms with Crippen molar-refractivity contribution < 1.29 is 9.59 Å². The van der Waals surface area contributed by atoms with Gasteiger partial charge in [0.15, 0.2) is 0 Å². The van der Waals surface area contributed by atoms with Crippen molar-refractivity contribution in [3.63, 3.8) is 0 Å². The highest BCUT2D eigenvalue weighted by molar-refractivity contribution is 6.10. The Labute approximate surface area is 110 Å². The molecule has 2 fully saturated rings. The number of hydrogen-bond acceptors (Lipinski definition) is 4. The van der Waals surface area contributed by atoms with Gasteiger partial charge in [0.2, 0.25) is 11.8 Å². The van der Waals surface area contributed by atoms with Crippen molar-refractivity contribution in [2.24, 2.45) is 17.3 Å². The summed E-state index contributed by atoms with van der Waals surface area (Å²) in [6, 6.07) is 5.27. The molecule has 1 saturated heterocycles. The molecule has 0 spiro atoms. The lowest BCUT2D eigenvalue weighted by Crippen LogP contribution is -2.35. The Morgan fingerprint density at radius 3 is 2.58 bits per heavy atom. The maximum absolute atomic E-state index is 12.2. The topological polar surface area (TPSA) is 74.1 Å². The number of piperidine rings is 1. The average Bonchev–Trinajstić information content (AvgIpc) is 2.86. The Kier molecular flexibility index (Phi) is 2.27. The van der Waals surface area contributed by atoms with Gasteiger partial charge in [0.05, 0.1) is 18.4 Å². The molecule has 0 bridgehead atoms. The largest absolute Gasteiger partial charge is 0.278 e. The number of nitriles is 1. The Morgan fingerprint density at radius 2 is 2.00 bits per heavy atom. The van der Waals surface area contributed by atoms with Crippen LogP contribution in [-0.2, 0) is 16.1 Å². The highest BCUT2D eigenvalue weighted by atomic mass is 16.2. The summed E-state index contributed by atoms with van der Waals surface area (Å²) >= 11 is 0. The molecule has 0 N–H and O–H groups in total. The summed E-state index contributed by atoms with van der Waals surface area (Å²) in [5.41, 5.74) is 0.871. The first-order valence-corrected chi connectivity index (χ1v) is 6.17. The SMILES string of the molecule is CC1(C)C2C(=O)N(Cc3ccnc(C#N)c3)C(=O)C21. The molecule has 1 aromatic rings. The van der Waals surface area contributed by atoms with Crippen molar-refractivity contribution in [2.75, 3.05) is 0 Å². The van der Waals surface area contributed by atoms with E-state index in [9.17, 15) is 9.59 Å². The van der Waals surface area contributed by atoms with Crippen molar-refractivity contribution in [3.05, 3.63) is 29.6 Å². The number of amides is 2. The second-order valence-electron chi connectivity index (χ2n) is 5.70. The third-order valence-electron chi connectivity index (χ3n) is 4.17. The van der Waals surface area contributed by atoms with Crippen molar-refractivity contribution in [2.45, 2.75) is 20.4 Å². The minimum atomic E-state index is -0.180. The van der Waals surface area contributed by atoms with Gasteiger partial charge in [-0.1, -0.05) is 13.8 Å². The minimum absolute atomic E-state index is 0.0877. The molecule has 2 heterocycles. The molecule has 1 aliphatic carbocycles. The van der Waals surface area contributed by atoms with Crippen molar-refractivity contribution in [1.82, 2.24) is 9.88 Å². The predicted octanol–water partition coefficient (Wildman–Crippen LogP) is 1.09. The minimum Gasteiger partial charge on any atom is -0.278 e. The highest BCUT2D eigenvalue weighted by Gasteiger charge is 2.72. The van der Waals surface area contributed by atoms with Crippen molar-refractivity contribution in [1.29, 1.82) is 5.26 Å². The Morgan fingerprint density at radius 1 is 1.37 bits per heavy atom. The molecule has 5 nitrogen and oxygen atoms in total. The van der Waals surface area contributed by atoms with E-state index in [2.05, 4.69) is 4.98 Å². The number of fused-ring (bicyclic) bond motifs is 1. The quantitative estimate of drug-likeness (QED) is 0.741. The lowest BCUT2D eigenvalue weighted by Gasteiger charge is -2.20. The van der Waals surface area contributed by atoms with Crippen LogP contribution >= 0.6 is 0 Å². The van der Waals surface area contributed by atoms with Crippen LogP contribution < -0.4 is 0 Å². The first kappa shape index (κ1) is 11.8. The summed E-state index contributed by atoms with van der Waals surface area (Å²) < 4.78 is 0.